The zero-order valence-corrected chi connectivity index (χ0v) is 19.3. The van der Waals surface area contributed by atoms with Crippen LogP contribution < -0.4 is 9.47 Å². The molecule has 1 saturated carbocycles. The van der Waals surface area contributed by atoms with Crippen molar-refractivity contribution < 1.29 is 24.5 Å². The van der Waals surface area contributed by atoms with Gasteiger partial charge in [-0.3, -0.25) is 4.79 Å². The third-order valence-corrected chi connectivity index (χ3v) is 7.51. The first-order valence-corrected chi connectivity index (χ1v) is 11.2. The summed E-state index contributed by atoms with van der Waals surface area (Å²) < 4.78 is 10.6. The van der Waals surface area contributed by atoms with Gasteiger partial charge in [0.25, 0.3) is 0 Å². The van der Waals surface area contributed by atoms with Crippen molar-refractivity contribution in [2.75, 3.05) is 14.2 Å². The highest BCUT2D eigenvalue weighted by molar-refractivity contribution is 6.05. The quantitative estimate of drug-likeness (QED) is 0.458. The number of methoxy groups -OCH3 is 2. The van der Waals surface area contributed by atoms with Gasteiger partial charge in [0.15, 0.2) is 17.3 Å². The first-order chi connectivity index (χ1) is 15.3. The molecule has 2 aromatic rings. The highest BCUT2D eigenvalue weighted by Gasteiger charge is 2.52. The maximum atomic E-state index is 14.2. The highest BCUT2D eigenvalue weighted by Crippen LogP contribution is 2.58. The van der Waals surface area contributed by atoms with Gasteiger partial charge in [-0.2, -0.15) is 0 Å². The highest BCUT2D eigenvalue weighted by atomic mass is 16.5. The van der Waals surface area contributed by atoms with Gasteiger partial charge < -0.3 is 19.7 Å². The van der Waals surface area contributed by atoms with Crippen LogP contribution in [0.1, 0.15) is 49.0 Å². The molecule has 2 aromatic carbocycles. The summed E-state index contributed by atoms with van der Waals surface area (Å²) in [5.74, 6) is 0.0308. The number of carbonyl (C=O) groups is 1. The Morgan fingerprint density at radius 1 is 1.09 bits per heavy atom. The molecule has 0 spiro atoms. The number of rotatable bonds is 6. The van der Waals surface area contributed by atoms with Crippen molar-refractivity contribution in [3.8, 4) is 23.0 Å². The van der Waals surface area contributed by atoms with Gasteiger partial charge in [-0.25, -0.2) is 0 Å². The van der Waals surface area contributed by atoms with Crippen LogP contribution in [0.2, 0.25) is 0 Å². The molecule has 0 aliphatic heterocycles. The minimum atomic E-state index is -0.371. The third kappa shape index (κ3) is 3.44. The van der Waals surface area contributed by atoms with Gasteiger partial charge in [-0.05, 0) is 42.6 Å². The minimum Gasteiger partial charge on any atom is -0.504 e. The van der Waals surface area contributed by atoms with Gasteiger partial charge in [-0.1, -0.05) is 55.8 Å². The Labute approximate surface area is 189 Å². The molecule has 5 heteroatoms. The number of ketones is 1. The lowest BCUT2D eigenvalue weighted by molar-refractivity contribution is 0.0523. The lowest BCUT2D eigenvalue weighted by atomic mass is 9.51. The van der Waals surface area contributed by atoms with Gasteiger partial charge in [-0.15, -0.1) is 0 Å². The second-order valence-corrected chi connectivity index (χ2v) is 9.42. The van der Waals surface area contributed by atoms with E-state index in [-0.39, 0.29) is 58.0 Å². The number of allylic oxidation sites excluding steroid dienone is 2. The molecule has 5 nitrogen and oxygen atoms in total. The summed E-state index contributed by atoms with van der Waals surface area (Å²) in [6.45, 7) is 6.61. The molecular weight excluding hydrogens is 404 g/mol. The molecular formula is C27H32O5. The number of Topliss-reactive ketones (excluding diaryl/α,β-unsaturated/α-hetero) is 1. The smallest absolute Gasteiger partial charge is 0.203 e. The van der Waals surface area contributed by atoms with E-state index in [0.29, 0.717) is 11.8 Å². The number of aromatic hydroxyl groups is 2. The molecule has 0 amide bonds. The molecule has 3 aliphatic carbocycles. The van der Waals surface area contributed by atoms with Crippen LogP contribution in [0.3, 0.4) is 0 Å². The molecule has 0 heterocycles. The number of phenolic OH excluding ortho intramolecular Hbond substituents is 2. The topological polar surface area (TPSA) is 76.0 Å². The van der Waals surface area contributed by atoms with Crippen molar-refractivity contribution in [3.63, 3.8) is 0 Å². The molecule has 3 aliphatic rings. The lowest BCUT2D eigenvalue weighted by Crippen LogP contribution is -2.47. The number of carbonyl (C=O) groups excluding carboxylic acids is 1. The average Bonchev–Trinajstić information content (AvgIpc) is 2.78. The van der Waals surface area contributed by atoms with E-state index in [9.17, 15) is 15.0 Å². The van der Waals surface area contributed by atoms with E-state index >= 15 is 0 Å². The molecule has 5 unspecified atom stereocenters. The molecule has 2 bridgehead atoms. The van der Waals surface area contributed by atoms with E-state index in [0.717, 1.165) is 12.0 Å². The summed E-state index contributed by atoms with van der Waals surface area (Å²) >= 11 is 0. The Hall–Kier alpha value is -2.95. The summed E-state index contributed by atoms with van der Waals surface area (Å²) in [7, 11) is 2.78. The van der Waals surface area contributed by atoms with Gasteiger partial charge in [0, 0.05) is 17.9 Å². The van der Waals surface area contributed by atoms with Crippen LogP contribution in [0.4, 0.5) is 0 Å². The predicted molar refractivity (Wildman–Crippen MR) is 124 cm³/mol. The molecule has 2 N–H and O–H groups in total. The fraction of sp³-hybridized carbons (Fsp3) is 0.444. The largest absolute Gasteiger partial charge is 0.504 e. The Morgan fingerprint density at radius 2 is 1.78 bits per heavy atom. The monoisotopic (exact) mass is 436 g/mol. The Balaban J connectivity index is 1.90. The van der Waals surface area contributed by atoms with E-state index in [4.69, 9.17) is 9.47 Å². The summed E-state index contributed by atoms with van der Waals surface area (Å²) in [4.78, 5) is 14.2. The number of hydrogen-bond donors (Lipinski definition) is 2. The van der Waals surface area contributed by atoms with Crippen molar-refractivity contribution in [1.29, 1.82) is 0 Å². The van der Waals surface area contributed by atoms with Crippen molar-refractivity contribution >= 4 is 5.78 Å². The Morgan fingerprint density at radius 3 is 2.38 bits per heavy atom. The van der Waals surface area contributed by atoms with Crippen LogP contribution in [0.5, 0.6) is 23.0 Å². The van der Waals surface area contributed by atoms with E-state index < -0.39 is 0 Å². The normalized spacial score (nSPS) is 26.7. The van der Waals surface area contributed by atoms with Crippen molar-refractivity contribution in [2.45, 2.75) is 33.1 Å². The van der Waals surface area contributed by atoms with Gasteiger partial charge in [0.2, 0.25) is 5.75 Å². The summed E-state index contributed by atoms with van der Waals surface area (Å²) in [5, 5.41) is 21.2. The molecule has 1 fully saturated rings. The fourth-order valence-corrected chi connectivity index (χ4v) is 6.03. The Kier molecular flexibility index (Phi) is 5.93. The number of fused-ring (bicyclic) bond motifs is 2. The van der Waals surface area contributed by atoms with Crippen molar-refractivity contribution in [2.24, 2.45) is 29.6 Å². The molecule has 0 saturated heterocycles. The SMILES string of the molecule is COc1cc(O)c(OC)c(O)c1C(=O)C1C2C=C(C)C(CC2C(C)C)C1c1ccccc1. The number of phenols is 2. The van der Waals surface area contributed by atoms with Crippen LogP contribution in [-0.2, 0) is 0 Å². The molecule has 170 valence electrons. The van der Waals surface area contributed by atoms with Crippen molar-refractivity contribution in [1.82, 2.24) is 0 Å². The fourth-order valence-electron chi connectivity index (χ4n) is 6.03. The number of benzene rings is 2. The second-order valence-electron chi connectivity index (χ2n) is 9.42. The predicted octanol–water partition coefficient (Wildman–Crippen LogP) is 5.57. The molecule has 32 heavy (non-hydrogen) atoms. The van der Waals surface area contributed by atoms with E-state index in [1.54, 1.807) is 0 Å². The first kappa shape index (κ1) is 22.3. The summed E-state index contributed by atoms with van der Waals surface area (Å²) in [6, 6.07) is 11.5. The minimum absolute atomic E-state index is 0.0117. The maximum absolute atomic E-state index is 14.2. The molecule has 5 rings (SSSR count). The third-order valence-electron chi connectivity index (χ3n) is 7.51. The first-order valence-electron chi connectivity index (χ1n) is 11.2. The van der Waals surface area contributed by atoms with Gasteiger partial charge in [0.05, 0.1) is 14.2 Å². The zero-order chi connectivity index (χ0) is 23.2. The Bertz CT molecular complexity index is 1040. The van der Waals surface area contributed by atoms with Crippen molar-refractivity contribution in [3.05, 3.63) is 59.2 Å². The van der Waals surface area contributed by atoms with Crippen LogP contribution in [-0.4, -0.2) is 30.2 Å². The lowest BCUT2D eigenvalue weighted by Gasteiger charge is -2.52. The number of hydrogen-bond acceptors (Lipinski definition) is 5. The number of ether oxygens (including phenoxy) is 2. The molecule has 5 atom stereocenters. The molecule has 0 aromatic heterocycles. The van der Waals surface area contributed by atoms with Crippen LogP contribution in [0.15, 0.2) is 48.0 Å². The van der Waals surface area contributed by atoms with Crippen LogP contribution in [0, 0.1) is 29.6 Å². The van der Waals surface area contributed by atoms with Crippen LogP contribution >= 0.6 is 0 Å². The molecule has 0 radical (unpaired) electrons. The van der Waals surface area contributed by atoms with Crippen LogP contribution in [0.25, 0.3) is 0 Å². The standard InChI is InChI=1S/C27H32O5/c1-14(2)17-12-18-15(3)11-19(17)23(22(18)16-9-7-6-8-10-16)25(29)24-21(31-4)13-20(28)27(32-5)26(24)30/h6-11,13-14,17-19,22-23,28,30H,12H2,1-5H3. The van der Waals surface area contributed by atoms with Gasteiger partial charge >= 0.3 is 0 Å². The zero-order valence-electron chi connectivity index (χ0n) is 19.3. The van der Waals surface area contributed by atoms with Gasteiger partial charge in [0.1, 0.15) is 11.3 Å². The van der Waals surface area contributed by atoms with E-state index in [2.05, 4.69) is 39.0 Å². The average molecular weight is 437 g/mol. The summed E-state index contributed by atoms with van der Waals surface area (Å²) in [5.41, 5.74) is 2.55. The summed E-state index contributed by atoms with van der Waals surface area (Å²) in [6.07, 6.45) is 3.33. The van der Waals surface area contributed by atoms with E-state index in [1.807, 2.05) is 18.2 Å². The van der Waals surface area contributed by atoms with E-state index in [1.165, 1.54) is 25.9 Å². The second kappa shape index (κ2) is 8.53. The maximum Gasteiger partial charge on any atom is 0.203 e.